The SMILES string of the molecule is CC.CN(C)CCCC=O.COCC(CN(C)C)OC(=O)CCCN(C)C. The number of unbranched alkanes of at least 4 members (excludes halogenated alkanes) is 1. The number of likely N-dealkylation sites (N-methyl/N-ethyl adjacent to an activating group) is 1. The highest BCUT2D eigenvalue weighted by Gasteiger charge is 2.15. The van der Waals surface area contributed by atoms with E-state index in [0.717, 1.165) is 32.2 Å². The van der Waals surface area contributed by atoms with Crippen LogP contribution in [0.25, 0.3) is 0 Å². The molecule has 0 spiro atoms. The highest BCUT2D eigenvalue weighted by atomic mass is 16.6. The summed E-state index contributed by atoms with van der Waals surface area (Å²) < 4.78 is 10.4. The molecule has 0 N–H and O–H groups in total. The number of methoxy groups -OCH3 is 1. The second kappa shape index (κ2) is 23.0. The maximum absolute atomic E-state index is 11.6. The van der Waals surface area contributed by atoms with Gasteiger partial charge in [0.2, 0.25) is 0 Å². The molecular formula is C20H45N3O4. The van der Waals surface area contributed by atoms with Gasteiger partial charge in [0, 0.05) is 26.5 Å². The second-order valence-electron chi connectivity index (χ2n) is 6.85. The molecule has 0 saturated heterocycles. The van der Waals surface area contributed by atoms with Gasteiger partial charge in [-0.25, -0.2) is 0 Å². The van der Waals surface area contributed by atoms with Gasteiger partial charge in [-0.05, 0) is 68.2 Å². The first kappa shape index (κ1) is 30.7. The molecular weight excluding hydrogens is 346 g/mol. The van der Waals surface area contributed by atoms with E-state index in [1.54, 1.807) is 7.11 Å². The van der Waals surface area contributed by atoms with Crippen molar-refractivity contribution in [2.75, 3.05) is 75.6 Å². The van der Waals surface area contributed by atoms with Gasteiger partial charge in [0.05, 0.1) is 6.61 Å². The molecule has 0 aliphatic rings. The number of carbonyl (C=O) groups excluding carboxylic acids is 2. The van der Waals surface area contributed by atoms with Crippen molar-refractivity contribution in [3.8, 4) is 0 Å². The zero-order valence-electron chi connectivity index (χ0n) is 19.3. The van der Waals surface area contributed by atoms with Crippen LogP contribution in [0.2, 0.25) is 0 Å². The Bertz CT molecular complexity index is 324. The van der Waals surface area contributed by atoms with Crippen molar-refractivity contribution in [2.24, 2.45) is 0 Å². The first-order valence-electron chi connectivity index (χ1n) is 9.79. The van der Waals surface area contributed by atoms with Gasteiger partial charge in [-0.1, -0.05) is 13.8 Å². The van der Waals surface area contributed by atoms with Crippen LogP contribution in [0.15, 0.2) is 0 Å². The minimum absolute atomic E-state index is 0.143. The Morgan fingerprint density at radius 3 is 1.85 bits per heavy atom. The van der Waals surface area contributed by atoms with Crippen LogP contribution < -0.4 is 0 Å². The molecule has 27 heavy (non-hydrogen) atoms. The third-order valence-corrected chi connectivity index (χ3v) is 3.13. The smallest absolute Gasteiger partial charge is 0.306 e. The van der Waals surface area contributed by atoms with Gasteiger partial charge in [0.15, 0.2) is 0 Å². The average molecular weight is 392 g/mol. The molecule has 0 aliphatic heterocycles. The van der Waals surface area contributed by atoms with Crippen LogP contribution >= 0.6 is 0 Å². The quantitative estimate of drug-likeness (QED) is 0.270. The Hall–Kier alpha value is -1.02. The summed E-state index contributed by atoms with van der Waals surface area (Å²) in [5.74, 6) is -0.143. The maximum atomic E-state index is 11.6. The molecule has 0 amide bonds. The van der Waals surface area contributed by atoms with Gasteiger partial charge in [0.25, 0.3) is 0 Å². The Morgan fingerprint density at radius 1 is 0.926 bits per heavy atom. The normalized spacial score (nSPS) is 11.4. The van der Waals surface area contributed by atoms with Gasteiger partial charge in [-0.3, -0.25) is 4.79 Å². The summed E-state index contributed by atoms with van der Waals surface area (Å²) in [6.45, 7) is 7.04. The predicted octanol–water partition coefficient (Wildman–Crippen LogP) is 2.00. The predicted molar refractivity (Wildman–Crippen MR) is 113 cm³/mol. The second-order valence-corrected chi connectivity index (χ2v) is 6.85. The van der Waals surface area contributed by atoms with Crippen molar-refractivity contribution < 1.29 is 19.1 Å². The lowest BCUT2D eigenvalue weighted by molar-refractivity contribution is -0.152. The summed E-state index contributed by atoms with van der Waals surface area (Å²) in [6, 6.07) is 0. The molecule has 0 saturated carbocycles. The van der Waals surface area contributed by atoms with E-state index >= 15 is 0 Å². The molecule has 164 valence electrons. The molecule has 0 rings (SSSR count). The van der Waals surface area contributed by atoms with Crippen molar-refractivity contribution in [2.45, 2.75) is 45.6 Å². The number of rotatable bonds is 13. The number of carbonyl (C=O) groups is 2. The van der Waals surface area contributed by atoms with Gasteiger partial charge in [-0.2, -0.15) is 0 Å². The van der Waals surface area contributed by atoms with Crippen molar-refractivity contribution in [1.29, 1.82) is 0 Å². The lowest BCUT2D eigenvalue weighted by Gasteiger charge is -2.20. The fourth-order valence-electron chi connectivity index (χ4n) is 1.99. The molecule has 0 aromatic carbocycles. The van der Waals surface area contributed by atoms with Crippen molar-refractivity contribution >= 4 is 12.3 Å². The molecule has 0 fully saturated rings. The molecule has 0 aliphatic carbocycles. The number of ether oxygens (including phenoxy) is 2. The van der Waals surface area contributed by atoms with E-state index in [1.165, 1.54) is 0 Å². The zero-order valence-corrected chi connectivity index (χ0v) is 19.3. The summed E-state index contributed by atoms with van der Waals surface area (Å²) >= 11 is 0. The Balaban J connectivity index is -0.000000482. The van der Waals surface area contributed by atoms with Crippen LogP contribution in [0.5, 0.6) is 0 Å². The summed E-state index contributed by atoms with van der Waals surface area (Å²) in [6.07, 6.45) is 3.75. The molecule has 0 aromatic rings. The van der Waals surface area contributed by atoms with E-state index in [9.17, 15) is 9.59 Å². The first-order valence-corrected chi connectivity index (χ1v) is 9.79. The van der Waals surface area contributed by atoms with Crippen LogP contribution in [0.1, 0.15) is 39.5 Å². The van der Waals surface area contributed by atoms with Crippen LogP contribution in [0.3, 0.4) is 0 Å². The maximum Gasteiger partial charge on any atom is 0.306 e. The molecule has 0 bridgehead atoms. The van der Waals surface area contributed by atoms with Crippen molar-refractivity contribution in [3.63, 3.8) is 0 Å². The lowest BCUT2D eigenvalue weighted by Crippen LogP contribution is -2.33. The minimum Gasteiger partial charge on any atom is -0.459 e. The van der Waals surface area contributed by atoms with Crippen LogP contribution in [-0.2, 0) is 19.1 Å². The number of hydrogen-bond donors (Lipinski definition) is 0. The molecule has 0 heterocycles. The Morgan fingerprint density at radius 2 is 1.44 bits per heavy atom. The standard InChI is InChI=1S/C12H26N2O3.C6H13NO.C2H6/c1-13(2)8-6-7-12(15)17-11(10-16-5)9-14(3)4;1-7(2)5-3-4-6-8;1-2/h11H,6-10H2,1-5H3;6H,3-5H2,1-2H3;1-2H3. The van der Waals surface area contributed by atoms with E-state index in [1.807, 2.05) is 61.0 Å². The van der Waals surface area contributed by atoms with E-state index in [4.69, 9.17) is 9.47 Å². The molecule has 0 aromatic heterocycles. The summed E-state index contributed by atoms with van der Waals surface area (Å²) in [5.41, 5.74) is 0. The lowest BCUT2D eigenvalue weighted by atomic mass is 10.3. The zero-order chi connectivity index (χ0) is 21.7. The highest BCUT2D eigenvalue weighted by Crippen LogP contribution is 2.01. The minimum atomic E-state index is -0.179. The molecule has 7 heteroatoms. The van der Waals surface area contributed by atoms with Crippen LogP contribution in [-0.4, -0.2) is 109 Å². The summed E-state index contributed by atoms with van der Waals surface area (Å²) in [4.78, 5) is 27.5. The van der Waals surface area contributed by atoms with E-state index < -0.39 is 0 Å². The number of aldehydes is 1. The number of nitrogens with zero attached hydrogens (tertiary/aromatic N) is 3. The average Bonchev–Trinajstić information content (AvgIpc) is 2.56. The van der Waals surface area contributed by atoms with Crippen molar-refractivity contribution in [1.82, 2.24) is 14.7 Å². The van der Waals surface area contributed by atoms with E-state index in [2.05, 4.69) is 9.80 Å². The fraction of sp³-hybridized carbons (Fsp3) is 0.900. The van der Waals surface area contributed by atoms with Gasteiger partial charge in [-0.15, -0.1) is 0 Å². The first-order chi connectivity index (χ1) is 12.7. The third kappa shape index (κ3) is 30.0. The molecule has 7 nitrogen and oxygen atoms in total. The van der Waals surface area contributed by atoms with Crippen LogP contribution in [0, 0.1) is 0 Å². The third-order valence-electron chi connectivity index (χ3n) is 3.13. The summed E-state index contributed by atoms with van der Waals surface area (Å²) in [7, 11) is 13.5. The monoisotopic (exact) mass is 391 g/mol. The Kier molecular flexibility index (Phi) is 26.2. The van der Waals surface area contributed by atoms with E-state index in [0.29, 0.717) is 26.0 Å². The van der Waals surface area contributed by atoms with E-state index in [-0.39, 0.29) is 12.1 Å². The molecule has 0 radical (unpaired) electrons. The van der Waals surface area contributed by atoms with Gasteiger partial charge >= 0.3 is 5.97 Å². The molecule has 1 unspecified atom stereocenters. The largest absolute Gasteiger partial charge is 0.459 e. The van der Waals surface area contributed by atoms with Gasteiger partial charge in [0.1, 0.15) is 12.4 Å². The van der Waals surface area contributed by atoms with Gasteiger partial charge < -0.3 is 29.0 Å². The fourth-order valence-corrected chi connectivity index (χ4v) is 1.99. The molecule has 1 atom stereocenters. The Labute approximate surface area is 168 Å². The topological polar surface area (TPSA) is 62.3 Å². The highest BCUT2D eigenvalue weighted by molar-refractivity contribution is 5.69. The number of esters is 1. The summed E-state index contributed by atoms with van der Waals surface area (Å²) in [5, 5.41) is 0. The van der Waals surface area contributed by atoms with Crippen LogP contribution in [0.4, 0.5) is 0 Å². The van der Waals surface area contributed by atoms with Crippen molar-refractivity contribution in [3.05, 3.63) is 0 Å². The number of hydrogen-bond acceptors (Lipinski definition) is 7.